The zero-order valence-corrected chi connectivity index (χ0v) is 18.2. The molecule has 0 bridgehead atoms. The van der Waals surface area contributed by atoms with E-state index in [1.54, 1.807) is 0 Å². The number of hydrogen-bond donors (Lipinski definition) is 2. The molecule has 2 amide bonds. The molecular formula is C20H28FN3O5S. The smallest absolute Gasteiger partial charge is 0.243 e. The van der Waals surface area contributed by atoms with Crippen molar-refractivity contribution in [3.8, 4) is 0 Å². The highest BCUT2D eigenvalue weighted by Crippen LogP contribution is 2.20. The van der Waals surface area contributed by atoms with Gasteiger partial charge in [0.2, 0.25) is 21.8 Å². The zero-order chi connectivity index (χ0) is 22.5. The van der Waals surface area contributed by atoms with Crippen molar-refractivity contribution in [3.63, 3.8) is 0 Å². The van der Waals surface area contributed by atoms with E-state index >= 15 is 0 Å². The molecule has 1 aromatic rings. The molecule has 8 nitrogen and oxygen atoms in total. The Morgan fingerprint density at radius 1 is 1.23 bits per heavy atom. The van der Waals surface area contributed by atoms with Crippen molar-refractivity contribution < 1.29 is 27.2 Å². The minimum atomic E-state index is -3.96. The fourth-order valence-electron chi connectivity index (χ4n) is 3.33. The lowest BCUT2D eigenvalue weighted by Crippen LogP contribution is -2.52. The molecule has 2 atom stereocenters. The highest BCUT2D eigenvalue weighted by atomic mass is 32.2. The van der Waals surface area contributed by atoms with Crippen molar-refractivity contribution in [2.75, 3.05) is 13.1 Å². The van der Waals surface area contributed by atoms with Gasteiger partial charge in [-0.15, -0.1) is 0 Å². The maximum Gasteiger partial charge on any atom is 0.243 e. The Kier molecular flexibility index (Phi) is 8.08. The predicted octanol–water partition coefficient (Wildman–Crippen LogP) is 1.21. The van der Waals surface area contributed by atoms with E-state index in [-0.39, 0.29) is 36.2 Å². The van der Waals surface area contributed by atoms with Gasteiger partial charge in [0, 0.05) is 13.5 Å². The van der Waals surface area contributed by atoms with Crippen LogP contribution in [0, 0.1) is 11.7 Å². The van der Waals surface area contributed by atoms with Gasteiger partial charge in [-0.1, -0.05) is 13.8 Å². The minimum Gasteiger partial charge on any atom is -0.345 e. The average molecular weight is 442 g/mol. The number of carbonyl (C=O) groups excluding carboxylic acids is 3. The molecule has 0 aromatic heterocycles. The monoisotopic (exact) mass is 441 g/mol. The molecule has 30 heavy (non-hydrogen) atoms. The Morgan fingerprint density at radius 2 is 1.87 bits per heavy atom. The van der Waals surface area contributed by atoms with Gasteiger partial charge in [-0.05, 0) is 49.4 Å². The van der Waals surface area contributed by atoms with Crippen LogP contribution in [0.25, 0.3) is 0 Å². The number of halogens is 1. The molecule has 1 fully saturated rings. The summed E-state index contributed by atoms with van der Waals surface area (Å²) < 4.78 is 39.7. The van der Waals surface area contributed by atoms with Crippen LogP contribution in [-0.4, -0.2) is 55.5 Å². The van der Waals surface area contributed by atoms with Crippen LogP contribution in [0.2, 0.25) is 0 Å². The number of nitrogens with one attached hydrogen (secondary N) is 2. The lowest BCUT2D eigenvalue weighted by atomic mass is 10.0. The van der Waals surface area contributed by atoms with Crippen molar-refractivity contribution >= 4 is 27.6 Å². The highest BCUT2D eigenvalue weighted by Gasteiger charge is 2.34. The summed E-state index contributed by atoms with van der Waals surface area (Å²) in [6.45, 7) is 4.86. The summed E-state index contributed by atoms with van der Waals surface area (Å²) in [5.41, 5.74) is 0. The topological polar surface area (TPSA) is 113 Å². The van der Waals surface area contributed by atoms with Gasteiger partial charge in [0.25, 0.3) is 0 Å². The SMILES string of the molecule is CC(=O)N[C@@H](CC(C)C)C(=O)NC1CCCN(S(=O)(=O)c2ccc(F)cc2)CC1=O. The largest absolute Gasteiger partial charge is 0.345 e. The van der Waals surface area contributed by atoms with Crippen molar-refractivity contribution in [2.24, 2.45) is 5.92 Å². The van der Waals surface area contributed by atoms with Gasteiger partial charge in [-0.3, -0.25) is 14.4 Å². The van der Waals surface area contributed by atoms with Gasteiger partial charge >= 0.3 is 0 Å². The van der Waals surface area contributed by atoms with Gasteiger partial charge < -0.3 is 10.6 Å². The number of carbonyl (C=O) groups is 3. The van der Waals surface area contributed by atoms with Crippen LogP contribution in [0.1, 0.15) is 40.0 Å². The van der Waals surface area contributed by atoms with Crippen LogP contribution in [0.4, 0.5) is 4.39 Å². The fourth-order valence-corrected chi connectivity index (χ4v) is 4.77. The summed E-state index contributed by atoms with van der Waals surface area (Å²) >= 11 is 0. The molecule has 166 valence electrons. The predicted molar refractivity (Wildman–Crippen MR) is 108 cm³/mol. The van der Waals surface area contributed by atoms with E-state index in [1.807, 2.05) is 13.8 Å². The second-order valence-corrected chi connectivity index (χ2v) is 9.78. The molecule has 1 aromatic carbocycles. The average Bonchev–Trinajstić information content (AvgIpc) is 2.83. The Labute approximate surface area is 176 Å². The first-order chi connectivity index (χ1) is 14.0. The molecular weight excluding hydrogens is 413 g/mol. The van der Waals surface area contributed by atoms with Crippen molar-refractivity contribution in [1.82, 2.24) is 14.9 Å². The molecule has 0 radical (unpaired) electrons. The van der Waals surface area contributed by atoms with Crippen LogP contribution in [0.15, 0.2) is 29.2 Å². The summed E-state index contributed by atoms with van der Waals surface area (Å²) in [6.07, 6.45) is 1.07. The Bertz CT molecular complexity index is 886. The van der Waals surface area contributed by atoms with Gasteiger partial charge in [0.15, 0.2) is 5.78 Å². The Hall–Kier alpha value is -2.33. The van der Waals surface area contributed by atoms with Crippen LogP contribution in [-0.2, 0) is 24.4 Å². The molecule has 1 aliphatic heterocycles. The number of sulfonamides is 1. The number of rotatable bonds is 7. The normalized spacial score (nSPS) is 19.2. The summed E-state index contributed by atoms with van der Waals surface area (Å²) in [7, 11) is -3.96. The molecule has 0 saturated carbocycles. The van der Waals surface area contributed by atoms with Gasteiger partial charge in [-0.25, -0.2) is 12.8 Å². The molecule has 10 heteroatoms. The lowest BCUT2D eigenvalue weighted by molar-refractivity contribution is -0.131. The summed E-state index contributed by atoms with van der Waals surface area (Å²) in [4.78, 5) is 36.6. The molecule has 1 unspecified atom stereocenters. The number of nitrogens with zero attached hydrogens (tertiary/aromatic N) is 1. The number of ketones is 1. The summed E-state index contributed by atoms with van der Waals surface area (Å²) in [5.74, 6) is -1.66. The van der Waals surface area contributed by atoms with E-state index in [1.165, 1.54) is 6.92 Å². The maximum absolute atomic E-state index is 13.1. The second kappa shape index (κ2) is 10.1. The maximum atomic E-state index is 13.1. The van der Waals surface area contributed by atoms with E-state index in [9.17, 15) is 27.2 Å². The zero-order valence-electron chi connectivity index (χ0n) is 17.4. The molecule has 2 N–H and O–H groups in total. The van der Waals surface area contributed by atoms with E-state index < -0.39 is 39.6 Å². The molecule has 2 rings (SSSR count). The van der Waals surface area contributed by atoms with Gasteiger partial charge in [0.1, 0.15) is 11.9 Å². The highest BCUT2D eigenvalue weighted by molar-refractivity contribution is 7.89. The van der Waals surface area contributed by atoms with E-state index in [0.717, 1.165) is 28.6 Å². The van der Waals surface area contributed by atoms with Crippen molar-refractivity contribution in [3.05, 3.63) is 30.1 Å². The summed E-state index contributed by atoms with van der Waals surface area (Å²) in [6, 6.07) is 2.80. The quantitative estimate of drug-likeness (QED) is 0.661. The molecule has 0 spiro atoms. The number of Topliss-reactive ketones (excluding diaryl/α,β-unsaturated/α-hetero) is 1. The van der Waals surface area contributed by atoms with Crippen LogP contribution in [0.3, 0.4) is 0 Å². The van der Waals surface area contributed by atoms with E-state index in [2.05, 4.69) is 10.6 Å². The van der Waals surface area contributed by atoms with Crippen molar-refractivity contribution in [2.45, 2.75) is 57.0 Å². The Balaban J connectivity index is 2.10. The Morgan fingerprint density at radius 3 is 2.43 bits per heavy atom. The van der Waals surface area contributed by atoms with Crippen LogP contribution < -0.4 is 10.6 Å². The fraction of sp³-hybridized carbons (Fsp3) is 0.550. The first-order valence-corrected chi connectivity index (χ1v) is 11.3. The third-order valence-corrected chi connectivity index (χ3v) is 6.65. The lowest BCUT2D eigenvalue weighted by Gasteiger charge is -2.23. The molecule has 1 saturated heterocycles. The number of benzene rings is 1. The minimum absolute atomic E-state index is 0.0955. The van der Waals surface area contributed by atoms with Crippen LogP contribution >= 0.6 is 0 Å². The molecule has 0 aliphatic carbocycles. The third kappa shape index (κ3) is 6.33. The first-order valence-electron chi connectivity index (χ1n) is 9.86. The first kappa shape index (κ1) is 23.9. The van der Waals surface area contributed by atoms with Crippen molar-refractivity contribution in [1.29, 1.82) is 0 Å². The number of amides is 2. The van der Waals surface area contributed by atoms with E-state index in [4.69, 9.17) is 0 Å². The summed E-state index contributed by atoms with van der Waals surface area (Å²) in [5, 5.41) is 5.26. The van der Waals surface area contributed by atoms with Gasteiger partial charge in [0.05, 0.1) is 17.5 Å². The third-order valence-electron chi connectivity index (χ3n) is 4.79. The molecule has 1 aliphatic rings. The number of hydrogen-bond acceptors (Lipinski definition) is 5. The van der Waals surface area contributed by atoms with Gasteiger partial charge in [-0.2, -0.15) is 4.31 Å². The second-order valence-electron chi connectivity index (χ2n) is 7.84. The standard InChI is InChI=1S/C20H28FN3O5S/c1-13(2)11-18(22-14(3)25)20(27)23-17-5-4-10-24(12-19(17)26)30(28,29)16-8-6-15(21)7-9-16/h6-9,13,17-18H,4-5,10-12H2,1-3H3,(H,22,25)(H,23,27)/t17?,18-/m0/s1. The van der Waals surface area contributed by atoms with Crippen LogP contribution in [0.5, 0.6) is 0 Å². The molecule has 1 heterocycles. The van der Waals surface area contributed by atoms with E-state index in [0.29, 0.717) is 12.8 Å².